The summed E-state index contributed by atoms with van der Waals surface area (Å²) in [5.74, 6) is 0.974. The van der Waals surface area contributed by atoms with Crippen LogP contribution in [0.25, 0.3) is 0 Å². The molecule has 0 bridgehead atoms. The van der Waals surface area contributed by atoms with Gasteiger partial charge in [-0.2, -0.15) is 0 Å². The molecule has 1 aliphatic heterocycles. The molecule has 2 rings (SSSR count). The maximum absolute atomic E-state index is 4.50. The van der Waals surface area contributed by atoms with Crippen molar-refractivity contribution in [3.05, 3.63) is 24.4 Å². The third kappa shape index (κ3) is 3.96. The summed E-state index contributed by atoms with van der Waals surface area (Å²) in [6.45, 7) is 0. The molecule has 16 heavy (non-hydrogen) atoms. The van der Waals surface area contributed by atoms with Gasteiger partial charge in [-0.25, -0.2) is 0 Å². The minimum absolute atomic E-state index is 0.974. The fourth-order valence-corrected chi connectivity index (χ4v) is 2.72. The van der Waals surface area contributed by atoms with Crippen LogP contribution in [-0.4, -0.2) is 5.71 Å². The van der Waals surface area contributed by atoms with E-state index in [1.807, 2.05) is 12.3 Å². The van der Waals surface area contributed by atoms with E-state index in [0.717, 1.165) is 12.3 Å². The number of hydrogen-bond donors (Lipinski definition) is 0. The molecule has 1 nitrogen and oxygen atoms in total. The summed E-state index contributed by atoms with van der Waals surface area (Å²) >= 11 is 0. The second kappa shape index (κ2) is 6.67. The number of nitrogens with zero attached hydrogens (tertiary/aromatic N) is 1. The lowest BCUT2D eigenvalue weighted by Crippen LogP contribution is -2.04. The maximum Gasteiger partial charge on any atom is 0.0267 e. The molecule has 1 saturated carbocycles. The van der Waals surface area contributed by atoms with E-state index in [1.165, 1.54) is 57.1 Å². The molecule has 0 aromatic rings. The molecule has 0 amide bonds. The Balaban J connectivity index is 1.75. The molecule has 1 heterocycles. The summed E-state index contributed by atoms with van der Waals surface area (Å²) in [6.07, 6.45) is 20.7. The highest BCUT2D eigenvalue weighted by Crippen LogP contribution is 2.26. The molecule has 0 saturated heterocycles. The summed E-state index contributed by atoms with van der Waals surface area (Å²) in [6, 6.07) is 0. The lowest BCUT2D eigenvalue weighted by molar-refractivity contribution is 0.435. The summed E-state index contributed by atoms with van der Waals surface area (Å²) < 4.78 is 0. The second-order valence-corrected chi connectivity index (χ2v) is 5.07. The fraction of sp³-hybridized carbons (Fsp3) is 0.667. The molecule has 0 aromatic heterocycles. The van der Waals surface area contributed by atoms with Gasteiger partial charge in [-0.15, -0.1) is 0 Å². The van der Waals surface area contributed by atoms with Crippen molar-refractivity contribution in [2.75, 3.05) is 0 Å². The minimum Gasteiger partial charge on any atom is -0.265 e. The van der Waals surface area contributed by atoms with Gasteiger partial charge in [-0.3, -0.25) is 4.99 Å². The zero-order chi connectivity index (χ0) is 11.1. The molecule has 0 aromatic carbocycles. The lowest BCUT2D eigenvalue weighted by Gasteiger charge is -2.13. The van der Waals surface area contributed by atoms with Crippen molar-refractivity contribution in [1.29, 1.82) is 0 Å². The SMILES string of the molecule is C1=CCC(CCC2CCCCCC2)=NC=C1. The van der Waals surface area contributed by atoms with Crippen molar-refractivity contribution in [2.24, 2.45) is 10.9 Å². The van der Waals surface area contributed by atoms with Crippen molar-refractivity contribution in [3.63, 3.8) is 0 Å². The van der Waals surface area contributed by atoms with Crippen LogP contribution in [0, 0.1) is 5.92 Å². The Bertz CT molecular complexity index is 278. The van der Waals surface area contributed by atoms with Crippen LogP contribution in [0.15, 0.2) is 29.4 Å². The molecule has 1 heteroatoms. The Labute approximate surface area is 99.4 Å². The molecule has 88 valence electrons. The highest BCUT2D eigenvalue weighted by Gasteiger charge is 2.12. The normalized spacial score (nSPS) is 22.6. The van der Waals surface area contributed by atoms with E-state index in [0.29, 0.717) is 0 Å². The van der Waals surface area contributed by atoms with Gasteiger partial charge in [0.15, 0.2) is 0 Å². The van der Waals surface area contributed by atoms with E-state index in [2.05, 4.69) is 17.1 Å². The first-order valence-corrected chi connectivity index (χ1v) is 6.82. The summed E-state index contributed by atoms with van der Waals surface area (Å²) in [5.41, 5.74) is 1.37. The molecule has 0 atom stereocenters. The van der Waals surface area contributed by atoms with E-state index >= 15 is 0 Å². The Hall–Kier alpha value is -0.850. The molecule has 0 unspecified atom stereocenters. The Morgan fingerprint density at radius 1 is 1.06 bits per heavy atom. The van der Waals surface area contributed by atoms with Gasteiger partial charge >= 0.3 is 0 Å². The van der Waals surface area contributed by atoms with E-state index in [-0.39, 0.29) is 0 Å². The second-order valence-electron chi connectivity index (χ2n) is 5.07. The van der Waals surface area contributed by atoms with Crippen LogP contribution in [0.1, 0.15) is 57.8 Å². The van der Waals surface area contributed by atoms with Crippen molar-refractivity contribution >= 4 is 5.71 Å². The monoisotopic (exact) mass is 217 g/mol. The van der Waals surface area contributed by atoms with E-state index in [4.69, 9.17) is 0 Å². The van der Waals surface area contributed by atoms with Gasteiger partial charge in [0.1, 0.15) is 0 Å². The Morgan fingerprint density at radius 3 is 2.69 bits per heavy atom. The van der Waals surface area contributed by atoms with Crippen LogP contribution in [0.5, 0.6) is 0 Å². The molecule has 1 aliphatic carbocycles. The maximum atomic E-state index is 4.50. The zero-order valence-electron chi connectivity index (χ0n) is 10.2. The lowest BCUT2D eigenvalue weighted by atomic mass is 9.93. The third-order valence-corrected chi connectivity index (χ3v) is 3.76. The van der Waals surface area contributed by atoms with Crippen LogP contribution >= 0.6 is 0 Å². The van der Waals surface area contributed by atoms with E-state index in [9.17, 15) is 0 Å². The molecule has 0 spiro atoms. The van der Waals surface area contributed by atoms with Crippen molar-refractivity contribution < 1.29 is 0 Å². The first-order valence-electron chi connectivity index (χ1n) is 6.82. The van der Waals surface area contributed by atoms with Crippen LogP contribution in [0.3, 0.4) is 0 Å². The zero-order valence-corrected chi connectivity index (χ0v) is 10.2. The standard InChI is InChI=1S/C15H23N/c1-2-5-9-14(8-4-1)11-12-15-10-6-3-7-13-16-15/h3,6-7,13-14H,1-2,4-5,8-12H2. The first kappa shape index (κ1) is 11.6. The predicted octanol–water partition coefficient (Wildman–Crippen LogP) is 4.65. The quantitative estimate of drug-likeness (QED) is 0.610. The number of allylic oxidation sites excluding steroid dienone is 3. The average molecular weight is 217 g/mol. The molecule has 0 N–H and O–H groups in total. The van der Waals surface area contributed by atoms with Crippen LogP contribution in [-0.2, 0) is 0 Å². The van der Waals surface area contributed by atoms with Gasteiger partial charge in [0.05, 0.1) is 0 Å². The third-order valence-electron chi connectivity index (χ3n) is 3.76. The summed E-state index contributed by atoms with van der Waals surface area (Å²) in [4.78, 5) is 4.50. The van der Waals surface area contributed by atoms with Crippen molar-refractivity contribution in [3.8, 4) is 0 Å². The average Bonchev–Trinajstić information content (AvgIpc) is 2.71. The van der Waals surface area contributed by atoms with Crippen LogP contribution in [0.2, 0.25) is 0 Å². The molecule has 1 fully saturated rings. The topological polar surface area (TPSA) is 12.4 Å². The van der Waals surface area contributed by atoms with Gasteiger partial charge in [-0.05, 0) is 24.8 Å². The molecule has 0 radical (unpaired) electrons. The fourth-order valence-electron chi connectivity index (χ4n) is 2.72. The van der Waals surface area contributed by atoms with Crippen molar-refractivity contribution in [2.45, 2.75) is 57.8 Å². The Kier molecular flexibility index (Phi) is 4.85. The predicted molar refractivity (Wildman–Crippen MR) is 70.8 cm³/mol. The highest BCUT2D eigenvalue weighted by atomic mass is 14.7. The number of hydrogen-bond acceptors (Lipinski definition) is 1. The van der Waals surface area contributed by atoms with Gasteiger partial charge in [0.2, 0.25) is 0 Å². The van der Waals surface area contributed by atoms with E-state index < -0.39 is 0 Å². The number of aliphatic imine (C=N–C) groups is 1. The van der Waals surface area contributed by atoms with Gasteiger partial charge in [-0.1, -0.05) is 50.7 Å². The highest BCUT2D eigenvalue weighted by molar-refractivity contribution is 5.86. The molecular weight excluding hydrogens is 194 g/mol. The van der Waals surface area contributed by atoms with E-state index in [1.54, 1.807) is 0 Å². The minimum atomic E-state index is 0.974. The van der Waals surface area contributed by atoms with Gasteiger partial charge < -0.3 is 0 Å². The van der Waals surface area contributed by atoms with Gasteiger partial charge in [0, 0.05) is 18.3 Å². The van der Waals surface area contributed by atoms with Crippen LogP contribution in [0.4, 0.5) is 0 Å². The Morgan fingerprint density at radius 2 is 1.88 bits per heavy atom. The van der Waals surface area contributed by atoms with Crippen molar-refractivity contribution in [1.82, 2.24) is 0 Å². The number of rotatable bonds is 3. The molecule has 2 aliphatic rings. The van der Waals surface area contributed by atoms with Gasteiger partial charge in [0.25, 0.3) is 0 Å². The summed E-state index contributed by atoms with van der Waals surface area (Å²) in [5, 5.41) is 0. The smallest absolute Gasteiger partial charge is 0.0267 e. The first-order chi connectivity index (χ1) is 7.95. The largest absolute Gasteiger partial charge is 0.265 e. The summed E-state index contributed by atoms with van der Waals surface area (Å²) in [7, 11) is 0. The molecular formula is C15H23N. The van der Waals surface area contributed by atoms with Crippen LogP contribution < -0.4 is 0 Å².